The molecule has 0 heterocycles. The highest BCUT2D eigenvalue weighted by molar-refractivity contribution is 5.92. The molecule has 0 aliphatic heterocycles. The van der Waals surface area contributed by atoms with Crippen LogP contribution in [0.1, 0.15) is 12.5 Å². The van der Waals surface area contributed by atoms with Crippen molar-refractivity contribution in [2.24, 2.45) is 0 Å². The Bertz CT molecular complexity index is 487. The fourth-order valence-electron chi connectivity index (χ4n) is 1.71. The van der Waals surface area contributed by atoms with Gasteiger partial charge < -0.3 is 20.3 Å². The van der Waals surface area contributed by atoms with Gasteiger partial charge in [0.15, 0.2) is 0 Å². The molecule has 0 unspecified atom stereocenters. The van der Waals surface area contributed by atoms with E-state index in [0.717, 1.165) is 11.3 Å². The predicted octanol–water partition coefficient (Wildman–Crippen LogP) is 1.75. The number of esters is 1. The van der Waals surface area contributed by atoms with Crippen LogP contribution in [-0.4, -0.2) is 39.2 Å². The van der Waals surface area contributed by atoms with Gasteiger partial charge in [-0.05, 0) is 31.5 Å². The standard InChI is InChI=1S/C14H21N3O3/c1-5-20-13(18)9-15-14(19)16-11-7-6-10(2)12(8-11)17(3)4/h6-8H,5,9H2,1-4H3,(H2,15,16,19). The van der Waals surface area contributed by atoms with Crippen molar-refractivity contribution < 1.29 is 14.3 Å². The van der Waals surface area contributed by atoms with Crippen LogP contribution in [0.5, 0.6) is 0 Å². The van der Waals surface area contributed by atoms with E-state index in [4.69, 9.17) is 4.74 Å². The Morgan fingerprint density at radius 1 is 1.30 bits per heavy atom. The van der Waals surface area contributed by atoms with Crippen LogP contribution < -0.4 is 15.5 Å². The molecule has 0 aliphatic carbocycles. The minimum Gasteiger partial charge on any atom is -0.465 e. The number of amides is 2. The first-order chi connectivity index (χ1) is 9.43. The Balaban J connectivity index is 2.58. The summed E-state index contributed by atoms with van der Waals surface area (Å²) < 4.78 is 4.72. The average molecular weight is 279 g/mol. The van der Waals surface area contributed by atoms with Crippen LogP contribution in [0.15, 0.2) is 18.2 Å². The van der Waals surface area contributed by atoms with E-state index in [9.17, 15) is 9.59 Å². The van der Waals surface area contributed by atoms with E-state index in [1.807, 2.05) is 44.1 Å². The number of benzene rings is 1. The van der Waals surface area contributed by atoms with E-state index in [0.29, 0.717) is 12.3 Å². The maximum absolute atomic E-state index is 11.6. The molecule has 2 amide bonds. The maximum Gasteiger partial charge on any atom is 0.325 e. The summed E-state index contributed by atoms with van der Waals surface area (Å²) in [6.45, 7) is 3.87. The normalized spacial score (nSPS) is 9.80. The molecule has 0 saturated carbocycles. The van der Waals surface area contributed by atoms with Crippen molar-refractivity contribution in [3.05, 3.63) is 23.8 Å². The third-order valence-electron chi connectivity index (χ3n) is 2.65. The molecule has 0 aliphatic rings. The summed E-state index contributed by atoms with van der Waals surface area (Å²) in [7, 11) is 3.87. The number of urea groups is 1. The molecule has 0 aromatic heterocycles. The zero-order valence-corrected chi connectivity index (χ0v) is 12.3. The number of anilines is 2. The van der Waals surface area contributed by atoms with Crippen molar-refractivity contribution in [1.29, 1.82) is 0 Å². The number of hydrogen-bond donors (Lipinski definition) is 2. The molecule has 1 aromatic carbocycles. The quantitative estimate of drug-likeness (QED) is 0.806. The summed E-state index contributed by atoms with van der Waals surface area (Å²) in [5.74, 6) is -0.458. The summed E-state index contributed by atoms with van der Waals surface area (Å²) in [4.78, 5) is 24.7. The van der Waals surface area contributed by atoms with Gasteiger partial charge in [0, 0.05) is 25.5 Å². The molecule has 2 N–H and O–H groups in total. The van der Waals surface area contributed by atoms with Gasteiger partial charge in [-0.3, -0.25) is 4.79 Å². The first kappa shape index (κ1) is 15.8. The Kier molecular flexibility index (Phi) is 5.83. The Morgan fingerprint density at radius 3 is 2.60 bits per heavy atom. The van der Waals surface area contributed by atoms with Crippen LogP contribution in [-0.2, 0) is 9.53 Å². The molecular formula is C14H21N3O3. The van der Waals surface area contributed by atoms with Gasteiger partial charge in [0.05, 0.1) is 6.61 Å². The molecular weight excluding hydrogens is 258 g/mol. The van der Waals surface area contributed by atoms with Gasteiger partial charge in [-0.1, -0.05) is 6.07 Å². The van der Waals surface area contributed by atoms with Crippen LogP contribution in [0.3, 0.4) is 0 Å². The second-order valence-electron chi connectivity index (χ2n) is 4.51. The van der Waals surface area contributed by atoms with Gasteiger partial charge in [0.1, 0.15) is 6.54 Å². The number of nitrogens with zero attached hydrogens (tertiary/aromatic N) is 1. The number of hydrogen-bond acceptors (Lipinski definition) is 4. The SMILES string of the molecule is CCOC(=O)CNC(=O)Nc1ccc(C)c(N(C)C)c1. The van der Waals surface area contributed by atoms with Crippen molar-refractivity contribution in [3.8, 4) is 0 Å². The number of carbonyl (C=O) groups excluding carboxylic acids is 2. The fraction of sp³-hybridized carbons (Fsp3) is 0.429. The zero-order valence-electron chi connectivity index (χ0n) is 12.3. The average Bonchev–Trinajstić information content (AvgIpc) is 2.39. The first-order valence-corrected chi connectivity index (χ1v) is 6.42. The van der Waals surface area contributed by atoms with E-state index in [2.05, 4.69) is 10.6 Å². The molecule has 1 rings (SSSR count). The van der Waals surface area contributed by atoms with Crippen LogP contribution in [0, 0.1) is 6.92 Å². The maximum atomic E-state index is 11.6. The summed E-state index contributed by atoms with van der Waals surface area (Å²) in [5, 5.41) is 5.12. The fourth-order valence-corrected chi connectivity index (χ4v) is 1.71. The summed E-state index contributed by atoms with van der Waals surface area (Å²) in [6.07, 6.45) is 0. The molecule has 20 heavy (non-hydrogen) atoms. The molecule has 0 spiro atoms. The van der Waals surface area contributed by atoms with Gasteiger partial charge in [-0.15, -0.1) is 0 Å². The lowest BCUT2D eigenvalue weighted by atomic mass is 10.1. The number of aryl methyl sites for hydroxylation is 1. The lowest BCUT2D eigenvalue weighted by Crippen LogP contribution is -2.34. The van der Waals surface area contributed by atoms with E-state index < -0.39 is 12.0 Å². The third-order valence-corrected chi connectivity index (χ3v) is 2.65. The molecule has 6 heteroatoms. The Morgan fingerprint density at radius 2 is 2.00 bits per heavy atom. The number of rotatable bonds is 5. The molecule has 1 aromatic rings. The summed E-state index contributed by atoms with van der Waals surface area (Å²) >= 11 is 0. The lowest BCUT2D eigenvalue weighted by molar-refractivity contribution is -0.141. The largest absolute Gasteiger partial charge is 0.465 e. The second-order valence-corrected chi connectivity index (χ2v) is 4.51. The molecule has 0 bridgehead atoms. The van der Waals surface area contributed by atoms with Crippen LogP contribution in [0.25, 0.3) is 0 Å². The van der Waals surface area contributed by atoms with Crippen molar-refractivity contribution in [2.45, 2.75) is 13.8 Å². The van der Waals surface area contributed by atoms with Crippen molar-refractivity contribution in [1.82, 2.24) is 5.32 Å². The highest BCUT2D eigenvalue weighted by Gasteiger charge is 2.07. The third kappa shape index (κ3) is 4.79. The molecule has 6 nitrogen and oxygen atoms in total. The summed E-state index contributed by atoms with van der Waals surface area (Å²) in [6, 6.07) is 5.17. The Labute approximate surface area is 119 Å². The zero-order chi connectivity index (χ0) is 15.1. The Hall–Kier alpha value is -2.24. The molecule has 0 saturated heterocycles. The van der Waals surface area contributed by atoms with Crippen molar-refractivity contribution in [2.75, 3.05) is 37.5 Å². The highest BCUT2D eigenvalue weighted by atomic mass is 16.5. The van der Waals surface area contributed by atoms with E-state index in [1.54, 1.807) is 6.92 Å². The lowest BCUT2D eigenvalue weighted by Gasteiger charge is -2.17. The number of carbonyl (C=O) groups is 2. The van der Waals surface area contributed by atoms with E-state index in [1.165, 1.54) is 0 Å². The van der Waals surface area contributed by atoms with Crippen molar-refractivity contribution >= 4 is 23.4 Å². The van der Waals surface area contributed by atoms with E-state index >= 15 is 0 Å². The van der Waals surface area contributed by atoms with Crippen LogP contribution in [0.4, 0.5) is 16.2 Å². The predicted molar refractivity (Wildman–Crippen MR) is 79.2 cm³/mol. The van der Waals surface area contributed by atoms with Crippen LogP contribution >= 0.6 is 0 Å². The van der Waals surface area contributed by atoms with Gasteiger partial charge in [0.2, 0.25) is 0 Å². The van der Waals surface area contributed by atoms with E-state index in [-0.39, 0.29) is 6.54 Å². The van der Waals surface area contributed by atoms with Crippen LogP contribution in [0.2, 0.25) is 0 Å². The molecule has 110 valence electrons. The topological polar surface area (TPSA) is 70.7 Å². The van der Waals surface area contributed by atoms with Gasteiger partial charge >= 0.3 is 12.0 Å². The van der Waals surface area contributed by atoms with Gasteiger partial charge in [-0.2, -0.15) is 0 Å². The van der Waals surface area contributed by atoms with Gasteiger partial charge in [-0.25, -0.2) is 4.79 Å². The minimum absolute atomic E-state index is 0.147. The highest BCUT2D eigenvalue weighted by Crippen LogP contribution is 2.22. The van der Waals surface area contributed by atoms with Crippen molar-refractivity contribution in [3.63, 3.8) is 0 Å². The smallest absolute Gasteiger partial charge is 0.325 e. The second kappa shape index (κ2) is 7.37. The summed E-state index contributed by atoms with van der Waals surface area (Å²) in [5.41, 5.74) is 2.81. The monoisotopic (exact) mass is 279 g/mol. The number of nitrogens with one attached hydrogen (secondary N) is 2. The van der Waals surface area contributed by atoms with Gasteiger partial charge in [0.25, 0.3) is 0 Å². The molecule has 0 atom stereocenters. The minimum atomic E-state index is -0.458. The number of ether oxygens (including phenoxy) is 1. The molecule has 0 fully saturated rings. The first-order valence-electron chi connectivity index (χ1n) is 6.42. The molecule has 0 radical (unpaired) electrons.